The minimum absolute atomic E-state index is 0. The zero-order chi connectivity index (χ0) is 10.9. The summed E-state index contributed by atoms with van der Waals surface area (Å²) in [4.78, 5) is 9.91. The van der Waals surface area contributed by atoms with Crippen molar-refractivity contribution in [2.24, 2.45) is 0 Å². The van der Waals surface area contributed by atoms with Crippen LogP contribution in [-0.4, -0.2) is 15.2 Å². The molecule has 14 heavy (non-hydrogen) atoms. The Morgan fingerprint density at radius 1 is 1.14 bits per heavy atom. The average molecular weight is 326 g/mol. The molecule has 0 heterocycles. The molecule has 0 saturated heterocycles. The van der Waals surface area contributed by atoms with E-state index in [4.69, 9.17) is 11.8 Å². The van der Waals surface area contributed by atoms with E-state index in [9.17, 15) is 4.89 Å². The molecule has 0 aromatic carbocycles. The van der Waals surface area contributed by atoms with Gasteiger partial charge in [0.05, 0.1) is 0 Å². The van der Waals surface area contributed by atoms with Crippen molar-refractivity contribution in [1.82, 2.24) is 0 Å². The van der Waals surface area contributed by atoms with Gasteiger partial charge < -0.3 is 9.98 Å². The van der Waals surface area contributed by atoms with E-state index >= 15 is 0 Å². The number of hydrogen-bond acceptors (Lipinski definition) is 2. The second-order valence-corrected chi connectivity index (χ2v) is 11.8. The Labute approximate surface area is 146 Å². The first-order valence-corrected chi connectivity index (χ1v) is 8.32. The third-order valence-corrected chi connectivity index (χ3v) is 5.97. The van der Waals surface area contributed by atoms with Crippen molar-refractivity contribution in [2.75, 3.05) is 0 Å². The Bertz CT molecular complexity index is 202. The minimum Gasteiger partial charge on any atom is -0.591 e. The first kappa shape index (κ1) is 19.1. The van der Waals surface area contributed by atoms with Gasteiger partial charge in [0.2, 0.25) is 0 Å². The smallest absolute Gasteiger partial charge is 0.591 e. The average Bonchev–Trinajstić information content (AvgIpc) is 1.43. The molecule has 0 spiro atoms. The summed E-state index contributed by atoms with van der Waals surface area (Å²) >= 11 is 6.50. The predicted molar refractivity (Wildman–Crippen MR) is 67.0 cm³/mol. The molecule has 0 fully saturated rings. The Hall–Kier alpha value is 2.73. The summed E-state index contributed by atoms with van der Waals surface area (Å²) in [6.45, 7) is 12.0. The minimum atomic E-state index is -2.56. The van der Waals surface area contributed by atoms with Crippen LogP contribution in [0.3, 0.4) is 0 Å². The molecule has 0 aliphatic rings. The first-order valence-electron chi connectivity index (χ1n) is 4.19. The van der Waals surface area contributed by atoms with Crippen LogP contribution in [0.25, 0.3) is 5.09 Å². The molecule has 0 radical (unpaired) electrons. The van der Waals surface area contributed by atoms with Crippen molar-refractivity contribution in [3.63, 3.8) is 0 Å². The van der Waals surface area contributed by atoms with E-state index < -0.39 is 5.62 Å². The molecule has 80 valence electrons. The molecule has 1 N–H and O–H groups in total. The van der Waals surface area contributed by atoms with Crippen molar-refractivity contribution < 1.29 is 63.1 Å². The van der Waals surface area contributed by atoms with E-state index in [1.165, 1.54) is 11.4 Å². The van der Waals surface area contributed by atoms with E-state index in [1.807, 2.05) is 41.5 Å². The van der Waals surface area contributed by atoms with Gasteiger partial charge in [-0.05, 0) is 0 Å². The number of nitrogens with zero attached hydrogens (tertiary/aromatic N) is 1. The monoisotopic (exact) mass is 325 g/mol. The van der Waals surface area contributed by atoms with Gasteiger partial charge in [-0.25, -0.2) is 0 Å². The van der Waals surface area contributed by atoms with Crippen LogP contribution in [-0.2, 0) is 11.8 Å². The Morgan fingerprint density at radius 3 is 1.71 bits per heavy atom. The molecule has 0 aromatic heterocycles. The summed E-state index contributed by atoms with van der Waals surface area (Å²) in [6, 6.07) is 0. The topological polar surface area (TPSA) is 34.3 Å². The van der Waals surface area contributed by atoms with Crippen LogP contribution < -0.4 is 58.2 Å². The second kappa shape index (κ2) is 6.60. The standard InChI is InChI=1S/C8H19NOPS2.Rb/c1-7(2,3)9-11(10,12)13-8(4,5)6;/h1-6H3,(H-,9,10,12);/q-1;+1. The predicted octanol–water partition coefficient (Wildman–Crippen LogP) is 0.911. The zero-order valence-electron chi connectivity index (χ0n) is 10.2. The largest absolute Gasteiger partial charge is 1.00 e. The molecule has 0 amide bonds. The van der Waals surface area contributed by atoms with Gasteiger partial charge in [0.15, 0.2) is 0 Å². The molecule has 1 atom stereocenters. The summed E-state index contributed by atoms with van der Waals surface area (Å²) in [6.07, 6.45) is 0. The second-order valence-electron chi connectivity index (χ2n) is 4.97. The normalized spacial score (nSPS) is 17.1. The van der Waals surface area contributed by atoms with E-state index in [1.54, 1.807) is 0 Å². The maximum atomic E-state index is 9.91. The molecular weight excluding hydrogens is 307 g/mol. The van der Waals surface area contributed by atoms with Crippen LogP contribution in [0.5, 0.6) is 0 Å². The van der Waals surface area contributed by atoms with Crippen LogP contribution in [0.4, 0.5) is 0 Å². The van der Waals surface area contributed by atoms with Crippen molar-refractivity contribution in [3.8, 4) is 0 Å². The van der Waals surface area contributed by atoms with Gasteiger partial charge in [0, 0.05) is 10.4 Å². The van der Waals surface area contributed by atoms with E-state index in [2.05, 4.69) is 5.09 Å². The van der Waals surface area contributed by atoms with Gasteiger partial charge in [-0.15, -0.1) is 16.9 Å². The van der Waals surface area contributed by atoms with Gasteiger partial charge >= 0.3 is 58.2 Å². The maximum Gasteiger partial charge on any atom is 1.00 e. The van der Waals surface area contributed by atoms with E-state index in [0.29, 0.717) is 0 Å². The molecule has 1 unspecified atom stereocenters. The van der Waals surface area contributed by atoms with Crippen LogP contribution in [0, 0.1) is 0 Å². The van der Waals surface area contributed by atoms with Crippen molar-refractivity contribution in [3.05, 3.63) is 5.09 Å². The summed E-state index contributed by atoms with van der Waals surface area (Å²) in [5.41, 5.74) is -2.81. The summed E-state index contributed by atoms with van der Waals surface area (Å²) in [7, 11) is 0. The Balaban J connectivity index is 0. The molecule has 0 bridgehead atoms. The molecule has 0 aromatic rings. The van der Waals surface area contributed by atoms with Crippen LogP contribution in [0.1, 0.15) is 41.5 Å². The fraction of sp³-hybridized carbons (Fsp3) is 1.00. The van der Waals surface area contributed by atoms with Gasteiger partial charge in [-0.2, -0.15) is 0 Å². The van der Waals surface area contributed by atoms with E-state index in [0.717, 1.165) is 0 Å². The summed E-state index contributed by atoms with van der Waals surface area (Å²) in [5, 5.41) is 4.27. The zero-order valence-corrected chi connectivity index (χ0v) is 17.6. The SMILES string of the molecule is CC(C)(C)[N-]P(O)(=S)SC(C)(C)C.[Rb+]. The summed E-state index contributed by atoms with van der Waals surface area (Å²) in [5.74, 6) is 0. The molecule has 2 nitrogen and oxygen atoms in total. The van der Waals surface area contributed by atoms with Crippen molar-refractivity contribution >= 4 is 28.8 Å². The van der Waals surface area contributed by atoms with Crippen molar-refractivity contribution in [2.45, 2.75) is 51.8 Å². The molecular formula is C8H19NOPRbS2. The van der Waals surface area contributed by atoms with Gasteiger partial charge in [-0.3, -0.25) is 0 Å². The molecule has 6 heteroatoms. The molecule has 0 aliphatic heterocycles. The van der Waals surface area contributed by atoms with Crippen LogP contribution in [0.2, 0.25) is 0 Å². The number of rotatable bonds is 2. The number of hydrogen-bond donors (Lipinski definition) is 1. The van der Waals surface area contributed by atoms with Gasteiger partial charge in [0.1, 0.15) is 0 Å². The maximum absolute atomic E-state index is 9.91. The first-order chi connectivity index (χ1) is 5.41. The van der Waals surface area contributed by atoms with Crippen LogP contribution >= 0.6 is 17.0 Å². The molecule has 0 saturated carbocycles. The summed E-state index contributed by atoms with van der Waals surface area (Å²) < 4.78 is -0.0287. The van der Waals surface area contributed by atoms with E-state index in [-0.39, 0.29) is 68.5 Å². The third kappa shape index (κ3) is 12.8. The van der Waals surface area contributed by atoms with Gasteiger partial charge in [-0.1, -0.05) is 53.3 Å². The Kier molecular flexibility index (Phi) is 9.00. The van der Waals surface area contributed by atoms with Crippen molar-refractivity contribution in [1.29, 1.82) is 0 Å². The van der Waals surface area contributed by atoms with Gasteiger partial charge in [0.25, 0.3) is 0 Å². The fourth-order valence-corrected chi connectivity index (χ4v) is 8.01. The van der Waals surface area contributed by atoms with Crippen LogP contribution in [0.15, 0.2) is 0 Å². The Morgan fingerprint density at radius 2 is 1.50 bits per heavy atom. The fourth-order valence-electron chi connectivity index (χ4n) is 0.756. The quantitative estimate of drug-likeness (QED) is 0.766. The molecule has 0 rings (SSSR count). The third-order valence-electron chi connectivity index (χ3n) is 0.819. The molecule has 0 aliphatic carbocycles.